The third-order valence-electron chi connectivity index (χ3n) is 2.00. The van der Waals surface area contributed by atoms with Crippen LogP contribution in [-0.2, 0) is 6.61 Å². The molecular formula is C11H10N2O2S. The number of nitrogens with zero attached hydrogens (tertiary/aromatic N) is 1. The molecule has 0 aliphatic carbocycles. The number of aromatic nitrogens is 1. The minimum atomic E-state index is 0.289. The minimum absolute atomic E-state index is 0.289. The number of ether oxygens (including phenoxy) is 1. The molecule has 0 saturated carbocycles. The number of nitrogens with two attached hydrogens (primary N) is 1. The first-order chi connectivity index (χ1) is 7.77. The summed E-state index contributed by atoms with van der Waals surface area (Å²) in [5, 5.41) is 0. The summed E-state index contributed by atoms with van der Waals surface area (Å²) in [6.07, 6.45) is 4.79. The van der Waals surface area contributed by atoms with Gasteiger partial charge in [-0.3, -0.25) is 4.98 Å². The van der Waals surface area contributed by atoms with E-state index in [0.717, 1.165) is 5.76 Å². The van der Waals surface area contributed by atoms with Gasteiger partial charge in [0.15, 0.2) is 0 Å². The molecule has 2 aromatic rings. The second-order valence-electron chi connectivity index (χ2n) is 3.10. The molecule has 0 radical (unpaired) electrons. The van der Waals surface area contributed by atoms with Gasteiger partial charge < -0.3 is 14.9 Å². The number of furan rings is 1. The van der Waals surface area contributed by atoms with E-state index >= 15 is 0 Å². The predicted octanol–water partition coefficient (Wildman–Crippen LogP) is 1.89. The molecule has 0 spiro atoms. The lowest BCUT2D eigenvalue weighted by molar-refractivity contribution is 0.269. The second kappa shape index (κ2) is 4.76. The van der Waals surface area contributed by atoms with E-state index in [1.54, 1.807) is 30.8 Å². The maximum absolute atomic E-state index is 5.56. The smallest absolute Gasteiger partial charge is 0.148 e. The second-order valence-corrected chi connectivity index (χ2v) is 3.54. The molecule has 2 N–H and O–H groups in total. The Hall–Kier alpha value is -1.88. The van der Waals surface area contributed by atoms with Gasteiger partial charge in [0, 0.05) is 6.20 Å². The third kappa shape index (κ3) is 2.38. The molecule has 16 heavy (non-hydrogen) atoms. The van der Waals surface area contributed by atoms with E-state index in [2.05, 4.69) is 4.98 Å². The van der Waals surface area contributed by atoms with E-state index in [9.17, 15) is 0 Å². The molecule has 2 rings (SSSR count). The van der Waals surface area contributed by atoms with E-state index < -0.39 is 0 Å². The summed E-state index contributed by atoms with van der Waals surface area (Å²) in [7, 11) is 0. The number of thiocarbonyl (C=S) groups is 1. The highest BCUT2D eigenvalue weighted by Gasteiger charge is 2.06. The fraction of sp³-hybridized carbons (Fsp3) is 0.0909. The van der Waals surface area contributed by atoms with Crippen molar-refractivity contribution in [3.8, 4) is 5.75 Å². The SMILES string of the molecule is NC(=S)c1ccncc1OCc1ccco1. The largest absolute Gasteiger partial charge is 0.483 e. The zero-order chi connectivity index (χ0) is 11.4. The van der Waals surface area contributed by atoms with Gasteiger partial charge >= 0.3 is 0 Å². The molecule has 5 heteroatoms. The fourth-order valence-corrected chi connectivity index (χ4v) is 1.41. The van der Waals surface area contributed by atoms with Gasteiger partial charge in [0.1, 0.15) is 23.1 Å². The Balaban J connectivity index is 2.12. The lowest BCUT2D eigenvalue weighted by Crippen LogP contribution is -2.11. The van der Waals surface area contributed by atoms with Gasteiger partial charge in [-0.05, 0) is 18.2 Å². The van der Waals surface area contributed by atoms with Gasteiger partial charge in [0.05, 0.1) is 18.0 Å². The Labute approximate surface area is 98.0 Å². The molecule has 0 aliphatic heterocycles. The average Bonchev–Trinajstić information content (AvgIpc) is 2.79. The molecule has 0 atom stereocenters. The summed E-state index contributed by atoms with van der Waals surface area (Å²) in [5.41, 5.74) is 6.24. The quantitative estimate of drug-likeness (QED) is 0.818. The maximum atomic E-state index is 5.56. The van der Waals surface area contributed by atoms with Crippen molar-refractivity contribution < 1.29 is 9.15 Å². The topological polar surface area (TPSA) is 61.3 Å². The van der Waals surface area contributed by atoms with E-state index in [1.165, 1.54) is 0 Å². The molecule has 0 saturated heterocycles. The first-order valence-electron chi connectivity index (χ1n) is 4.66. The van der Waals surface area contributed by atoms with Crippen molar-refractivity contribution in [3.63, 3.8) is 0 Å². The Morgan fingerprint density at radius 1 is 1.50 bits per heavy atom. The van der Waals surface area contributed by atoms with Crippen molar-refractivity contribution >= 4 is 17.2 Å². The third-order valence-corrected chi connectivity index (χ3v) is 2.22. The van der Waals surface area contributed by atoms with Crippen molar-refractivity contribution in [3.05, 3.63) is 48.2 Å². The average molecular weight is 234 g/mol. The zero-order valence-electron chi connectivity index (χ0n) is 8.42. The molecule has 2 heterocycles. The van der Waals surface area contributed by atoms with Crippen molar-refractivity contribution in [1.82, 2.24) is 4.98 Å². The van der Waals surface area contributed by atoms with E-state index in [4.69, 9.17) is 27.1 Å². The summed E-state index contributed by atoms with van der Waals surface area (Å²) < 4.78 is 10.7. The predicted molar refractivity (Wildman–Crippen MR) is 63.2 cm³/mol. The lowest BCUT2D eigenvalue weighted by Gasteiger charge is -2.08. The minimum Gasteiger partial charge on any atom is -0.483 e. The van der Waals surface area contributed by atoms with Crippen LogP contribution in [-0.4, -0.2) is 9.97 Å². The van der Waals surface area contributed by atoms with E-state index in [0.29, 0.717) is 17.9 Å². The van der Waals surface area contributed by atoms with Crippen LogP contribution in [0.5, 0.6) is 5.75 Å². The lowest BCUT2D eigenvalue weighted by atomic mass is 10.2. The van der Waals surface area contributed by atoms with Gasteiger partial charge in [-0.1, -0.05) is 12.2 Å². The first-order valence-corrected chi connectivity index (χ1v) is 5.07. The molecule has 4 nitrogen and oxygen atoms in total. The fourth-order valence-electron chi connectivity index (χ4n) is 1.24. The van der Waals surface area contributed by atoms with Gasteiger partial charge in [-0.25, -0.2) is 0 Å². The first kappa shape index (κ1) is 10.6. The molecule has 0 fully saturated rings. The number of hydrogen-bond donors (Lipinski definition) is 1. The van der Waals surface area contributed by atoms with E-state index in [1.807, 2.05) is 6.07 Å². The highest BCUT2D eigenvalue weighted by atomic mass is 32.1. The van der Waals surface area contributed by atoms with Gasteiger partial charge in [-0.15, -0.1) is 0 Å². The zero-order valence-corrected chi connectivity index (χ0v) is 9.24. The van der Waals surface area contributed by atoms with Crippen molar-refractivity contribution in [2.24, 2.45) is 5.73 Å². The molecule has 0 aliphatic rings. The van der Waals surface area contributed by atoms with Crippen molar-refractivity contribution in [2.45, 2.75) is 6.61 Å². The molecule has 0 bridgehead atoms. The van der Waals surface area contributed by atoms with Crippen LogP contribution >= 0.6 is 12.2 Å². The Morgan fingerprint density at radius 2 is 2.38 bits per heavy atom. The normalized spacial score (nSPS) is 10.0. The van der Waals surface area contributed by atoms with Crippen LogP contribution in [0.4, 0.5) is 0 Å². The van der Waals surface area contributed by atoms with E-state index in [-0.39, 0.29) is 4.99 Å². The van der Waals surface area contributed by atoms with Crippen LogP contribution in [0.3, 0.4) is 0 Å². The number of pyridine rings is 1. The monoisotopic (exact) mass is 234 g/mol. The summed E-state index contributed by atoms with van der Waals surface area (Å²) in [5.74, 6) is 1.30. The van der Waals surface area contributed by atoms with Crippen LogP contribution in [0, 0.1) is 0 Å². The summed E-state index contributed by atoms with van der Waals surface area (Å²) in [4.78, 5) is 4.25. The Morgan fingerprint density at radius 3 is 3.06 bits per heavy atom. The number of hydrogen-bond acceptors (Lipinski definition) is 4. The van der Waals surface area contributed by atoms with Gasteiger partial charge in [0.25, 0.3) is 0 Å². The van der Waals surface area contributed by atoms with Crippen LogP contribution in [0.15, 0.2) is 41.3 Å². The molecule has 82 valence electrons. The molecular weight excluding hydrogens is 224 g/mol. The molecule has 0 unspecified atom stereocenters. The standard InChI is InChI=1S/C11H10N2O2S/c12-11(16)9-3-4-13-6-10(9)15-7-8-2-1-5-14-8/h1-6H,7H2,(H2,12,16). The maximum Gasteiger partial charge on any atom is 0.148 e. The molecule has 0 amide bonds. The Kier molecular flexibility index (Phi) is 3.16. The summed E-state index contributed by atoms with van der Waals surface area (Å²) >= 11 is 4.91. The van der Waals surface area contributed by atoms with Crippen LogP contribution in [0.25, 0.3) is 0 Å². The molecule has 2 aromatic heterocycles. The van der Waals surface area contributed by atoms with Gasteiger partial charge in [0.2, 0.25) is 0 Å². The number of rotatable bonds is 4. The van der Waals surface area contributed by atoms with Crippen LogP contribution in [0.2, 0.25) is 0 Å². The van der Waals surface area contributed by atoms with Crippen LogP contribution < -0.4 is 10.5 Å². The summed E-state index contributed by atoms with van der Waals surface area (Å²) in [6, 6.07) is 5.35. The highest BCUT2D eigenvalue weighted by molar-refractivity contribution is 7.80. The van der Waals surface area contributed by atoms with Crippen LogP contribution in [0.1, 0.15) is 11.3 Å². The Bertz CT molecular complexity index is 482. The van der Waals surface area contributed by atoms with Crippen molar-refractivity contribution in [1.29, 1.82) is 0 Å². The summed E-state index contributed by atoms with van der Waals surface area (Å²) in [6.45, 7) is 0.328. The van der Waals surface area contributed by atoms with Gasteiger partial charge in [-0.2, -0.15) is 0 Å². The van der Waals surface area contributed by atoms with Crippen molar-refractivity contribution in [2.75, 3.05) is 0 Å². The highest BCUT2D eigenvalue weighted by Crippen LogP contribution is 2.17. The molecule has 0 aromatic carbocycles.